The van der Waals surface area contributed by atoms with Crippen molar-refractivity contribution >= 4 is 34.8 Å². The lowest BCUT2D eigenvalue weighted by molar-refractivity contribution is -0.387. The van der Waals surface area contributed by atoms with E-state index in [9.17, 15) is 19.3 Å². The molecule has 0 saturated carbocycles. The van der Waals surface area contributed by atoms with Crippen molar-refractivity contribution in [3.8, 4) is 0 Å². The molecule has 0 unspecified atom stereocenters. The normalized spacial score (nSPS) is 11.0. The van der Waals surface area contributed by atoms with Crippen LogP contribution in [0.5, 0.6) is 0 Å². The van der Waals surface area contributed by atoms with Gasteiger partial charge in [-0.15, -0.1) is 5.10 Å². The summed E-state index contributed by atoms with van der Waals surface area (Å²) in [6.45, 7) is 3.58. The summed E-state index contributed by atoms with van der Waals surface area (Å²) < 4.78 is 15.0. The number of hydrogen-bond acceptors (Lipinski definition) is 7. The average molecular weight is 390 g/mol. The van der Waals surface area contributed by atoms with E-state index >= 15 is 0 Å². The maximum atomic E-state index is 13.4. The van der Waals surface area contributed by atoms with Gasteiger partial charge in [-0.25, -0.2) is 9.50 Å². The molecule has 0 aliphatic heterocycles. The maximum absolute atomic E-state index is 13.4. The summed E-state index contributed by atoms with van der Waals surface area (Å²) in [7, 11) is 0. The van der Waals surface area contributed by atoms with Crippen LogP contribution in [-0.2, 0) is 11.2 Å². The van der Waals surface area contributed by atoms with Crippen molar-refractivity contribution in [1.82, 2.24) is 19.6 Å². The third kappa shape index (κ3) is 3.72. The Morgan fingerprint density at radius 1 is 1.37 bits per heavy atom. The highest BCUT2D eigenvalue weighted by Crippen LogP contribution is 2.22. The van der Waals surface area contributed by atoms with Crippen LogP contribution in [0.2, 0.25) is 0 Å². The fraction of sp³-hybridized carbons (Fsp3) is 0.250. The molecule has 3 rings (SSSR count). The second-order valence-corrected chi connectivity index (χ2v) is 6.49. The summed E-state index contributed by atoms with van der Waals surface area (Å²) >= 11 is 1.39. The Hall–Kier alpha value is -3.08. The first-order valence-corrected chi connectivity index (χ1v) is 9.03. The number of hydrogen-bond donors (Lipinski definition) is 1. The van der Waals surface area contributed by atoms with Gasteiger partial charge >= 0.3 is 5.69 Å². The quantitative estimate of drug-likeness (QED) is 0.404. The Labute approximate surface area is 157 Å². The molecule has 0 fully saturated rings. The first-order valence-electron chi connectivity index (χ1n) is 7.80. The lowest BCUT2D eigenvalue weighted by atomic mass is 10.1. The molecule has 27 heavy (non-hydrogen) atoms. The second-order valence-electron chi connectivity index (χ2n) is 5.72. The number of carbonyl (C=O) groups is 1. The molecule has 9 nitrogen and oxygen atoms in total. The van der Waals surface area contributed by atoms with Crippen molar-refractivity contribution in [3.63, 3.8) is 0 Å². The summed E-state index contributed by atoms with van der Waals surface area (Å²) in [6, 6.07) is 3.19. The fourth-order valence-corrected chi connectivity index (χ4v) is 2.96. The van der Waals surface area contributed by atoms with Crippen LogP contribution in [0.3, 0.4) is 0 Å². The van der Waals surface area contributed by atoms with E-state index in [-0.39, 0.29) is 12.1 Å². The highest BCUT2D eigenvalue weighted by Gasteiger charge is 2.18. The van der Waals surface area contributed by atoms with Gasteiger partial charge in [-0.3, -0.25) is 14.9 Å². The summed E-state index contributed by atoms with van der Waals surface area (Å²) in [5.41, 5.74) is 1.48. The number of benzene rings is 1. The summed E-state index contributed by atoms with van der Waals surface area (Å²) in [4.78, 5) is 31.0. The Balaban J connectivity index is 1.86. The van der Waals surface area contributed by atoms with Crippen molar-refractivity contribution in [2.45, 2.75) is 25.4 Å². The molecule has 1 N–H and O–H groups in total. The van der Waals surface area contributed by atoms with Gasteiger partial charge in [0.2, 0.25) is 16.9 Å². The number of thioether (sulfide) groups is 1. The third-order valence-corrected chi connectivity index (χ3v) is 4.51. The van der Waals surface area contributed by atoms with E-state index in [1.165, 1.54) is 17.8 Å². The first kappa shape index (κ1) is 18.7. The number of nitrogens with one attached hydrogen (secondary N) is 1. The van der Waals surface area contributed by atoms with Crippen molar-refractivity contribution in [1.29, 1.82) is 0 Å². The van der Waals surface area contributed by atoms with Gasteiger partial charge in [-0.2, -0.15) is 9.37 Å². The molecule has 0 aliphatic carbocycles. The Morgan fingerprint density at radius 3 is 2.78 bits per heavy atom. The monoisotopic (exact) mass is 390 g/mol. The van der Waals surface area contributed by atoms with Crippen LogP contribution in [0.1, 0.15) is 17.0 Å². The van der Waals surface area contributed by atoms with Gasteiger partial charge in [0.25, 0.3) is 5.78 Å². The minimum absolute atomic E-state index is 0.0136. The number of aromatic nitrogens is 4. The highest BCUT2D eigenvalue weighted by atomic mass is 32.2. The molecular formula is C16H15FN6O3S. The number of anilines is 1. The Kier molecular flexibility index (Phi) is 5.04. The number of nitro benzene ring substituents is 1. The predicted octanol–water partition coefficient (Wildman–Crippen LogP) is 2.69. The molecule has 0 spiro atoms. The number of halogens is 1. The minimum Gasteiger partial charge on any atom is -0.326 e. The van der Waals surface area contributed by atoms with Gasteiger partial charge in [0.1, 0.15) is 0 Å². The molecule has 0 radical (unpaired) electrons. The molecule has 2 heterocycles. The molecule has 0 atom stereocenters. The molecule has 2 aromatic heterocycles. The lowest BCUT2D eigenvalue weighted by Crippen LogP contribution is -2.18. The molecule has 0 saturated heterocycles. The van der Waals surface area contributed by atoms with Gasteiger partial charge < -0.3 is 5.32 Å². The molecule has 0 bridgehead atoms. The zero-order valence-electron chi connectivity index (χ0n) is 14.7. The van der Waals surface area contributed by atoms with Crippen LogP contribution >= 0.6 is 11.8 Å². The van der Waals surface area contributed by atoms with E-state index in [4.69, 9.17) is 0 Å². The summed E-state index contributed by atoms with van der Waals surface area (Å²) in [5.74, 6) is -0.920. The number of nitrogens with zero attached hydrogens (tertiary/aromatic N) is 5. The number of rotatable bonds is 5. The zero-order chi connectivity index (χ0) is 19.7. The first-order chi connectivity index (χ1) is 12.8. The van der Waals surface area contributed by atoms with E-state index in [1.54, 1.807) is 11.4 Å². The largest absolute Gasteiger partial charge is 0.326 e. The summed E-state index contributed by atoms with van der Waals surface area (Å²) in [5, 5.41) is 18.3. The van der Waals surface area contributed by atoms with E-state index < -0.39 is 22.3 Å². The standard InChI is InChI=1S/C16H15FN6O3S/c1-8-11(9(2)22-15(18-8)20-16(21-22)27-3)7-14(24)19-10-4-5-12(17)13(6-10)23(25)26/h4-6H,7H2,1-3H3,(H,19,24). The zero-order valence-corrected chi connectivity index (χ0v) is 15.5. The molecule has 1 amide bonds. The predicted molar refractivity (Wildman–Crippen MR) is 97.4 cm³/mol. The van der Waals surface area contributed by atoms with Crippen LogP contribution in [0.4, 0.5) is 15.8 Å². The third-order valence-electron chi connectivity index (χ3n) is 3.98. The highest BCUT2D eigenvalue weighted by molar-refractivity contribution is 7.98. The SMILES string of the molecule is CSc1nc2nc(C)c(CC(=O)Nc3ccc(F)c([N+](=O)[O-])c3)c(C)n2n1. The van der Waals surface area contributed by atoms with Crippen LogP contribution in [0.15, 0.2) is 23.4 Å². The van der Waals surface area contributed by atoms with Crippen LogP contribution < -0.4 is 5.32 Å². The van der Waals surface area contributed by atoms with E-state index in [0.717, 1.165) is 17.8 Å². The Bertz CT molecular complexity index is 1070. The maximum Gasteiger partial charge on any atom is 0.306 e. The van der Waals surface area contributed by atoms with Gasteiger partial charge in [-0.05, 0) is 32.2 Å². The van der Waals surface area contributed by atoms with E-state index in [0.29, 0.717) is 22.2 Å². The molecule has 11 heteroatoms. The Morgan fingerprint density at radius 2 is 2.11 bits per heavy atom. The van der Waals surface area contributed by atoms with Crippen LogP contribution in [0.25, 0.3) is 5.78 Å². The molecule has 140 valence electrons. The summed E-state index contributed by atoms with van der Waals surface area (Å²) in [6.07, 6.45) is 1.84. The van der Waals surface area contributed by atoms with Crippen molar-refractivity contribution in [3.05, 3.63) is 51.1 Å². The van der Waals surface area contributed by atoms with Gasteiger partial charge in [-0.1, -0.05) is 11.8 Å². The van der Waals surface area contributed by atoms with Gasteiger partial charge in [0.15, 0.2) is 0 Å². The lowest BCUT2D eigenvalue weighted by Gasteiger charge is -2.11. The average Bonchev–Trinajstić information content (AvgIpc) is 3.03. The van der Waals surface area contributed by atoms with E-state index in [2.05, 4.69) is 20.4 Å². The molecule has 1 aromatic carbocycles. The topological polar surface area (TPSA) is 115 Å². The molecular weight excluding hydrogens is 375 g/mol. The smallest absolute Gasteiger partial charge is 0.306 e. The van der Waals surface area contributed by atoms with Crippen molar-refractivity contribution in [2.24, 2.45) is 0 Å². The van der Waals surface area contributed by atoms with Crippen molar-refractivity contribution < 1.29 is 14.1 Å². The number of carbonyl (C=O) groups excluding carboxylic acids is 1. The number of fused-ring (bicyclic) bond motifs is 1. The van der Waals surface area contributed by atoms with E-state index in [1.807, 2.05) is 13.2 Å². The fourth-order valence-electron chi connectivity index (χ4n) is 2.63. The van der Waals surface area contributed by atoms with Crippen LogP contribution in [-0.4, -0.2) is 36.7 Å². The number of amides is 1. The minimum atomic E-state index is -0.963. The number of aryl methyl sites for hydroxylation is 2. The molecule has 0 aliphatic rings. The van der Waals surface area contributed by atoms with Crippen molar-refractivity contribution in [2.75, 3.05) is 11.6 Å². The second kappa shape index (κ2) is 7.27. The van der Waals surface area contributed by atoms with Crippen LogP contribution in [0, 0.1) is 29.8 Å². The number of nitro groups is 1. The van der Waals surface area contributed by atoms with Gasteiger partial charge in [0.05, 0.1) is 11.3 Å². The van der Waals surface area contributed by atoms with Gasteiger partial charge in [0, 0.05) is 28.7 Å². The molecule has 3 aromatic rings.